The Bertz CT molecular complexity index is 739. The van der Waals surface area contributed by atoms with E-state index in [9.17, 15) is 18.8 Å². The molecule has 2 aliphatic rings. The van der Waals surface area contributed by atoms with Crippen LogP contribution in [0.15, 0.2) is 24.3 Å². The summed E-state index contributed by atoms with van der Waals surface area (Å²) in [5, 5.41) is 8.27. The predicted octanol–water partition coefficient (Wildman–Crippen LogP) is 1.14. The van der Waals surface area contributed by atoms with E-state index >= 15 is 0 Å². The van der Waals surface area contributed by atoms with Gasteiger partial charge in [-0.25, -0.2) is 9.18 Å². The molecule has 0 spiro atoms. The van der Waals surface area contributed by atoms with Crippen molar-refractivity contribution >= 4 is 17.8 Å². The van der Waals surface area contributed by atoms with Gasteiger partial charge in [0.05, 0.1) is 6.04 Å². The number of piperazine rings is 1. The zero-order valence-corrected chi connectivity index (χ0v) is 15.5. The van der Waals surface area contributed by atoms with Crippen LogP contribution in [0.2, 0.25) is 0 Å². The standard InChI is InChI=1S/C19H25FN4O3/c1-11(2)6-15-18(26)24-10-14(8-16(24)17(25)23-15)22-19(27)21-9-12-4-3-5-13(20)7-12/h3-5,7,11,14-16H,6,8-10H2,1-2H3,(H,23,25)(H2,21,22,27)/t14-,15+,16-/m0/s1. The molecular weight excluding hydrogens is 351 g/mol. The van der Waals surface area contributed by atoms with Crippen molar-refractivity contribution in [3.63, 3.8) is 0 Å². The third-order valence-corrected chi connectivity index (χ3v) is 4.89. The number of hydrogen-bond acceptors (Lipinski definition) is 3. The molecule has 4 amide bonds. The molecule has 3 rings (SSSR count). The van der Waals surface area contributed by atoms with Crippen molar-refractivity contribution in [1.82, 2.24) is 20.9 Å². The van der Waals surface area contributed by atoms with Crippen molar-refractivity contribution in [2.75, 3.05) is 6.54 Å². The molecule has 0 aromatic heterocycles. The molecule has 0 radical (unpaired) electrons. The number of carbonyl (C=O) groups excluding carboxylic acids is 3. The topological polar surface area (TPSA) is 90.5 Å². The van der Waals surface area contributed by atoms with Gasteiger partial charge in [0, 0.05) is 13.1 Å². The van der Waals surface area contributed by atoms with E-state index in [1.807, 2.05) is 13.8 Å². The quantitative estimate of drug-likeness (QED) is 0.720. The molecule has 2 aliphatic heterocycles. The third kappa shape index (κ3) is 4.56. The van der Waals surface area contributed by atoms with Gasteiger partial charge in [-0.15, -0.1) is 0 Å². The van der Waals surface area contributed by atoms with E-state index in [0.717, 1.165) is 0 Å². The second-order valence-corrected chi connectivity index (χ2v) is 7.59. The fraction of sp³-hybridized carbons (Fsp3) is 0.526. The first-order valence-electron chi connectivity index (χ1n) is 9.23. The zero-order valence-electron chi connectivity index (χ0n) is 15.5. The van der Waals surface area contributed by atoms with E-state index in [2.05, 4.69) is 16.0 Å². The minimum Gasteiger partial charge on any atom is -0.342 e. The van der Waals surface area contributed by atoms with Crippen LogP contribution in [-0.2, 0) is 16.1 Å². The second kappa shape index (κ2) is 7.94. The normalized spacial score (nSPS) is 24.6. The average Bonchev–Trinajstić information content (AvgIpc) is 3.02. The summed E-state index contributed by atoms with van der Waals surface area (Å²) in [6, 6.07) is 4.27. The lowest BCUT2D eigenvalue weighted by Gasteiger charge is -2.35. The maximum Gasteiger partial charge on any atom is 0.315 e. The van der Waals surface area contributed by atoms with Gasteiger partial charge in [-0.05, 0) is 36.5 Å². The molecule has 3 N–H and O–H groups in total. The van der Waals surface area contributed by atoms with Crippen LogP contribution in [0.4, 0.5) is 9.18 Å². The van der Waals surface area contributed by atoms with E-state index in [0.29, 0.717) is 30.9 Å². The third-order valence-electron chi connectivity index (χ3n) is 4.89. The van der Waals surface area contributed by atoms with Gasteiger partial charge in [0.15, 0.2) is 0 Å². The van der Waals surface area contributed by atoms with Gasteiger partial charge in [-0.1, -0.05) is 26.0 Å². The first kappa shape index (κ1) is 19.1. The average molecular weight is 376 g/mol. The van der Waals surface area contributed by atoms with E-state index in [1.165, 1.54) is 12.1 Å². The molecule has 2 saturated heterocycles. The lowest BCUT2D eigenvalue weighted by atomic mass is 9.99. The summed E-state index contributed by atoms with van der Waals surface area (Å²) < 4.78 is 13.2. The molecule has 1 aromatic carbocycles. The lowest BCUT2D eigenvalue weighted by Crippen LogP contribution is -2.61. The summed E-state index contributed by atoms with van der Waals surface area (Å²) in [6.45, 7) is 4.52. The lowest BCUT2D eigenvalue weighted by molar-refractivity contribution is -0.147. The van der Waals surface area contributed by atoms with Crippen LogP contribution in [0.3, 0.4) is 0 Å². The Hall–Kier alpha value is -2.64. The largest absolute Gasteiger partial charge is 0.342 e. The predicted molar refractivity (Wildman–Crippen MR) is 97.1 cm³/mol. The Balaban J connectivity index is 1.53. The minimum absolute atomic E-state index is 0.0854. The number of rotatable bonds is 5. The number of fused-ring (bicyclic) bond motifs is 1. The summed E-state index contributed by atoms with van der Waals surface area (Å²) in [4.78, 5) is 38.6. The molecule has 1 aromatic rings. The van der Waals surface area contributed by atoms with Crippen LogP contribution in [0.25, 0.3) is 0 Å². The molecule has 3 atom stereocenters. The smallest absolute Gasteiger partial charge is 0.315 e. The van der Waals surface area contributed by atoms with E-state index in [4.69, 9.17) is 0 Å². The van der Waals surface area contributed by atoms with Crippen LogP contribution in [-0.4, -0.2) is 47.4 Å². The van der Waals surface area contributed by atoms with Gasteiger partial charge in [0.25, 0.3) is 0 Å². The van der Waals surface area contributed by atoms with Crippen molar-refractivity contribution in [3.8, 4) is 0 Å². The number of hydrogen-bond donors (Lipinski definition) is 3. The van der Waals surface area contributed by atoms with Gasteiger partial charge < -0.3 is 20.9 Å². The minimum atomic E-state index is -0.533. The van der Waals surface area contributed by atoms with Gasteiger partial charge in [0.2, 0.25) is 11.8 Å². The van der Waals surface area contributed by atoms with Gasteiger partial charge in [0.1, 0.15) is 17.9 Å². The first-order chi connectivity index (χ1) is 12.8. The SMILES string of the molecule is CC(C)C[C@H]1NC(=O)[C@@H]2C[C@H](NC(=O)NCc3cccc(F)c3)CN2C1=O. The molecule has 2 fully saturated rings. The Morgan fingerprint density at radius 1 is 1.37 bits per heavy atom. The molecule has 8 heteroatoms. The molecule has 0 saturated carbocycles. The molecule has 27 heavy (non-hydrogen) atoms. The monoisotopic (exact) mass is 376 g/mol. The van der Waals surface area contributed by atoms with Gasteiger partial charge in [-0.3, -0.25) is 9.59 Å². The number of halogens is 1. The van der Waals surface area contributed by atoms with Crippen LogP contribution in [0.5, 0.6) is 0 Å². The van der Waals surface area contributed by atoms with Crippen LogP contribution in [0, 0.1) is 11.7 Å². The fourth-order valence-corrected chi connectivity index (χ4v) is 3.66. The number of amides is 4. The summed E-state index contributed by atoms with van der Waals surface area (Å²) in [5.41, 5.74) is 0.653. The molecule has 0 aliphatic carbocycles. The van der Waals surface area contributed by atoms with Crippen molar-refractivity contribution in [2.45, 2.75) is 51.4 Å². The van der Waals surface area contributed by atoms with E-state index in [1.54, 1.807) is 17.0 Å². The van der Waals surface area contributed by atoms with E-state index < -0.39 is 18.1 Å². The Kier molecular flexibility index (Phi) is 5.62. The van der Waals surface area contributed by atoms with Crippen molar-refractivity contribution < 1.29 is 18.8 Å². The van der Waals surface area contributed by atoms with E-state index in [-0.39, 0.29) is 30.2 Å². The number of urea groups is 1. The summed E-state index contributed by atoms with van der Waals surface area (Å²) in [6.07, 6.45) is 0.985. The number of nitrogens with zero attached hydrogens (tertiary/aromatic N) is 1. The number of benzene rings is 1. The molecule has 2 heterocycles. The van der Waals surface area contributed by atoms with Crippen LogP contribution in [0.1, 0.15) is 32.3 Å². The van der Waals surface area contributed by atoms with Gasteiger partial charge in [-0.2, -0.15) is 0 Å². The highest BCUT2D eigenvalue weighted by atomic mass is 19.1. The van der Waals surface area contributed by atoms with Crippen molar-refractivity contribution in [3.05, 3.63) is 35.6 Å². The molecule has 0 bridgehead atoms. The molecule has 146 valence electrons. The Labute approximate surface area is 157 Å². The number of carbonyl (C=O) groups is 3. The maximum absolute atomic E-state index is 13.2. The Morgan fingerprint density at radius 2 is 2.15 bits per heavy atom. The number of nitrogens with one attached hydrogen (secondary N) is 3. The first-order valence-corrected chi connectivity index (χ1v) is 9.23. The zero-order chi connectivity index (χ0) is 19.6. The highest BCUT2D eigenvalue weighted by Gasteiger charge is 2.46. The van der Waals surface area contributed by atoms with Crippen molar-refractivity contribution in [2.24, 2.45) is 5.92 Å². The molecule has 7 nitrogen and oxygen atoms in total. The molecule has 0 unspecified atom stereocenters. The van der Waals surface area contributed by atoms with Crippen molar-refractivity contribution in [1.29, 1.82) is 0 Å². The summed E-state index contributed by atoms with van der Waals surface area (Å²) >= 11 is 0. The van der Waals surface area contributed by atoms with Gasteiger partial charge >= 0.3 is 6.03 Å². The highest BCUT2D eigenvalue weighted by Crippen LogP contribution is 2.24. The fourth-order valence-electron chi connectivity index (χ4n) is 3.66. The highest BCUT2D eigenvalue weighted by molar-refractivity contribution is 5.97. The maximum atomic E-state index is 13.2. The molecular formula is C19H25FN4O3. The van der Waals surface area contributed by atoms with Crippen LogP contribution < -0.4 is 16.0 Å². The summed E-state index contributed by atoms with van der Waals surface area (Å²) in [7, 11) is 0. The second-order valence-electron chi connectivity index (χ2n) is 7.59. The van der Waals surface area contributed by atoms with Crippen LogP contribution >= 0.6 is 0 Å². The Morgan fingerprint density at radius 3 is 2.85 bits per heavy atom. The summed E-state index contributed by atoms with van der Waals surface area (Å²) in [5.74, 6) is -0.314.